The van der Waals surface area contributed by atoms with Crippen molar-refractivity contribution in [3.05, 3.63) is 22.9 Å². The maximum absolute atomic E-state index is 11.8. The van der Waals surface area contributed by atoms with Crippen molar-refractivity contribution in [1.82, 2.24) is 10.3 Å². The highest BCUT2D eigenvalue weighted by atomic mass is 35.5. The average molecular weight is 318 g/mol. The van der Waals surface area contributed by atoms with Gasteiger partial charge in [-0.2, -0.15) is 0 Å². The predicted octanol–water partition coefficient (Wildman–Crippen LogP) is 3.09. The van der Waals surface area contributed by atoms with Gasteiger partial charge in [-0.25, -0.2) is 4.98 Å². The first-order valence-electron chi connectivity index (χ1n) is 5.65. The lowest BCUT2D eigenvalue weighted by atomic mass is 10.2. The maximum atomic E-state index is 11.8. The van der Waals surface area contributed by atoms with Gasteiger partial charge in [-0.15, -0.1) is 35.1 Å². The first-order chi connectivity index (χ1) is 8.70. The van der Waals surface area contributed by atoms with E-state index < -0.39 is 0 Å². The molecule has 0 aromatic carbocycles. The van der Waals surface area contributed by atoms with Gasteiger partial charge in [0.15, 0.2) is 5.13 Å². The van der Waals surface area contributed by atoms with Crippen LogP contribution in [-0.4, -0.2) is 24.5 Å². The summed E-state index contributed by atoms with van der Waals surface area (Å²) in [5, 5.41) is 10.5. The van der Waals surface area contributed by atoms with E-state index >= 15 is 0 Å². The largest absolute Gasteiger partial charge is 0.319 e. The summed E-state index contributed by atoms with van der Waals surface area (Å²) in [6, 6.07) is 4.02. The van der Waals surface area contributed by atoms with Gasteiger partial charge in [-0.1, -0.05) is 13.0 Å². The Kier molecular flexibility index (Phi) is 6.44. The second-order valence-electron chi connectivity index (χ2n) is 3.96. The average Bonchev–Trinajstić information content (AvgIpc) is 2.98. The minimum Gasteiger partial charge on any atom is -0.319 e. The second kappa shape index (κ2) is 7.59. The Morgan fingerprint density at radius 1 is 1.47 bits per heavy atom. The number of nitrogens with one attached hydrogen (secondary N) is 2. The van der Waals surface area contributed by atoms with E-state index in [2.05, 4.69) is 15.6 Å². The van der Waals surface area contributed by atoms with E-state index in [0.29, 0.717) is 11.7 Å². The van der Waals surface area contributed by atoms with Crippen molar-refractivity contribution in [3.63, 3.8) is 0 Å². The maximum Gasteiger partial charge on any atom is 0.230 e. The first kappa shape index (κ1) is 16.1. The Balaban J connectivity index is 0.00000180. The van der Waals surface area contributed by atoms with Gasteiger partial charge < -0.3 is 10.6 Å². The Labute approximate surface area is 126 Å². The van der Waals surface area contributed by atoms with Gasteiger partial charge in [0.1, 0.15) is 0 Å². The molecule has 0 fully saturated rings. The van der Waals surface area contributed by atoms with E-state index in [1.54, 1.807) is 11.3 Å². The van der Waals surface area contributed by atoms with Crippen LogP contribution in [0.15, 0.2) is 22.9 Å². The Hall–Kier alpha value is -0.950. The van der Waals surface area contributed by atoms with E-state index in [0.717, 1.165) is 10.6 Å². The number of halogens is 1. The van der Waals surface area contributed by atoms with Crippen molar-refractivity contribution < 1.29 is 4.79 Å². The molecular formula is C12H16ClN3OS2. The fraction of sp³-hybridized carbons (Fsp3) is 0.333. The van der Waals surface area contributed by atoms with Crippen molar-refractivity contribution in [3.8, 4) is 10.6 Å². The molecule has 0 radical (unpaired) electrons. The van der Waals surface area contributed by atoms with Gasteiger partial charge in [0.25, 0.3) is 0 Å². The van der Waals surface area contributed by atoms with E-state index in [9.17, 15) is 4.79 Å². The highest BCUT2D eigenvalue weighted by molar-refractivity contribution is 7.16. The van der Waals surface area contributed by atoms with Crippen molar-refractivity contribution in [2.24, 2.45) is 5.92 Å². The number of thiazole rings is 1. The third-order valence-electron chi connectivity index (χ3n) is 2.47. The standard InChI is InChI=1S/C12H15N3OS2.ClH/c1-8(6-13-2)11(16)15-12-14-9(7-18-12)10-4-3-5-17-10;/h3-5,7-8,13H,6H2,1-2H3,(H,14,15,16);1H. The van der Waals surface area contributed by atoms with Crippen molar-refractivity contribution in [1.29, 1.82) is 0 Å². The minimum absolute atomic E-state index is 0. The summed E-state index contributed by atoms with van der Waals surface area (Å²) in [7, 11) is 1.84. The van der Waals surface area contributed by atoms with Crippen molar-refractivity contribution in [2.45, 2.75) is 6.92 Å². The number of thiophene rings is 1. The number of nitrogens with zero attached hydrogens (tertiary/aromatic N) is 1. The minimum atomic E-state index is -0.0657. The number of rotatable bonds is 5. The number of hydrogen-bond acceptors (Lipinski definition) is 5. The lowest BCUT2D eigenvalue weighted by molar-refractivity contribution is -0.119. The molecule has 1 amide bonds. The first-order valence-corrected chi connectivity index (χ1v) is 7.41. The lowest BCUT2D eigenvalue weighted by Crippen LogP contribution is -2.28. The number of amides is 1. The predicted molar refractivity (Wildman–Crippen MR) is 84.4 cm³/mol. The zero-order valence-electron chi connectivity index (χ0n) is 10.7. The number of carbonyl (C=O) groups excluding carboxylic acids is 1. The van der Waals surface area contributed by atoms with Crippen molar-refractivity contribution >= 4 is 46.1 Å². The molecule has 2 aromatic heterocycles. The lowest BCUT2D eigenvalue weighted by Gasteiger charge is -2.09. The van der Waals surface area contributed by atoms with Crippen LogP contribution < -0.4 is 10.6 Å². The summed E-state index contributed by atoms with van der Waals surface area (Å²) >= 11 is 3.10. The summed E-state index contributed by atoms with van der Waals surface area (Å²) in [6.07, 6.45) is 0. The van der Waals surface area contributed by atoms with Crippen LogP contribution in [0.5, 0.6) is 0 Å². The smallest absolute Gasteiger partial charge is 0.230 e. The van der Waals surface area contributed by atoms with E-state index in [1.165, 1.54) is 11.3 Å². The van der Waals surface area contributed by atoms with Gasteiger partial charge in [0, 0.05) is 17.8 Å². The van der Waals surface area contributed by atoms with Crippen LogP contribution in [0.4, 0.5) is 5.13 Å². The molecule has 4 nitrogen and oxygen atoms in total. The molecular weight excluding hydrogens is 302 g/mol. The van der Waals surface area contributed by atoms with Gasteiger partial charge in [0.05, 0.1) is 10.6 Å². The zero-order valence-corrected chi connectivity index (χ0v) is 13.1. The number of anilines is 1. The molecule has 104 valence electrons. The molecule has 2 rings (SSSR count). The molecule has 0 aliphatic heterocycles. The topological polar surface area (TPSA) is 54.0 Å². The highest BCUT2D eigenvalue weighted by Gasteiger charge is 2.14. The van der Waals surface area contributed by atoms with E-state index in [4.69, 9.17) is 0 Å². The van der Waals surface area contributed by atoms with Crippen molar-refractivity contribution in [2.75, 3.05) is 18.9 Å². The summed E-state index contributed by atoms with van der Waals surface area (Å²) in [4.78, 5) is 17.3. The monoisotopic (exact) mass is 317 g/mol. The van der Waals surface area contributed by atoms with Crippen LogP contribution in [0.25, 0.3) is 10.6 Å². The molecule has 1 unspecified atom stereocenters. The molecule has 0 aliphatic carbocycles. The van der Waals surface area contributed by atoms with Crippen LogP contribution in [0.1, 0.15) is 6.92 Å². The van der Waals surface area contributed by atoms with Gasteiger partial charge >= 0.3 is 0 Å². The fourth-order valence-electron chi connectivity index (χ4n) is 1.50. The molecule has 1 atom stereocenters. The van der Waals surface area contributed by atoms with Gasteiger partial charge in [0.2, 0.25) is 5.91 Å². The van der Waals surface area contributed by atoms with E-state index in [1.807, 2.05) is 36.9 Å². The molecule has 0 saturated heterocycles. The van der Waals surface area contributed by atoms with Crippen LogP contribution in [0.3, 0.4) is 0 Å². The number of hydrogen-bond donors (Lipinski definition) is 2. The zero-order chi connectivity index (χ0) is 13.0. The Morgan fingerprint density at radius 3 is 2.89 bits per heavy atom. The fourth-order valence-corrected chi connectivity index (χ4v) is 2.97. The van der Waals surface area contributed by atoms with Crippen LogP contribution in [-0.2, 0) is 4.79 Å². The van der Waals surface area contributed by atoms with Crippen LogP contribution in [0.2, 0.25) is 0 Å². The normalized spacial score (nSPS) is 11.7. The molecule has 0 saturated carbocycles. The summed E-state index contributed by atoms with van der Waals surface area (Å²) in [5.41, 5.74) is 0.923. The van der Waals surface area contributed by atoms with E-state index in [-0.39, 0.29) is 24.2 Å². The molecule has 0 aliphatic rings. The quantitative estimate of drug-likeness (QED) is 0.891. The van der Waals surface area contributed by atoms with Crippen LogP contribution in [0, 0.1) is 5.92 Å². The molecule has 2 N–H and O–H groups in total. The van der Waals surface area contributed by atoms with Gasteiger partial charge in [-0.05, 0) is 18.5 Å². The summed E-state index contributed by atoms with van der Waals surface area (Å²) in [6.45, 7) is 2.55. The van der Waals surface area contributed by atoms with Gasteiger partial charge in [-0.3, -0.25) is 4.79 Å². The second-order valence-corrected chi connectivity index (χ2v) is 5.77. The molecule has 0 bridgehead atoms. The molecule has 19 heavy (non-hydrogen) atoms. The SMILES string of the molecule is CNCC(C)C(=O)Nc1nc(-c2cccs2)cs1.Cl. The number of carbonyl (C=O) groups is 1. The Bertz CT molecular complexity index is 513. The summed E-state index contributed by atoms with van der Waals surface area (Å²) < 4.78 is 0. The molecule has 0 spiro atoms. The third kappa shape index (κ3) is 4.28. The third-order valence-corrected chi connectivity index (χ3v) is 4.12. The molecule has 7 heteroatoms. The molecule has 2 heterocycles. The summed E-state index contributed by atoms with van der Waals surface area (Å²) in [5.74, 6) is -0.0690. The number of aromatic nitrogens is 1. The Morgan fingerprint density at radius 2 is 2.26 bits per heavy atom. The highest BCUT2D eigenvalue weighted by Crippen LogP contribution is 2.28. The van der Waals surface area contributed by atoms with Crippen LogP contribution >= 0.6 is 35.1 Å². The molecule has 2 aromatic rings.